The molecule has 0 amide bonds. The molecule has 26 heavy (non-hydrogen) atoms. The van der Waals surface area contributed by atoms with Crippen LogP contribution in [-0.2, 0) is 6.54 Å². The van der Waals surface area contributed by atoms with Gasteiger partial charge in [-0.15, -0.1) is 11.3 Å². The number of hydrogen-bond donors (Lipinski definition) is 1. The first-order valence-corrected chi connectivity index (χ1v) is 9.57. The molecule has 134 valence electrons. The molecule has 5 heteroatoms. The van der Waals surface area contributed by atoms with Crippen molar-refractivity contribution in [2.45, 2.75) is 12.5 Å². The second-order valence-electron chi connectivity index (χ2n) is 6.11. The van der Waals surface area contributed by atoms with Crippen molar-refractivity contribution < 1.29 is 0 Å². The zero-order valence-electron chi connectivity index (χ0n) is 14.8. The molecule has 1 aromatic carbocycles. The fourth-order valence-electron chi connectivity index (χ4n) is 3.41. The Labute approximate surface area is 163 Å². The van der Waals surface area contributed by atoms with Gasteiger partial charge in [0.15, 0.2) is 0 Å². The van der Waals surface area contributed by atoms with Crippen LogP contribution in [0.3, 0.4) is 0 Å². The molecule has 1 aromatic heterocycles. The molecule has 0 saturated carbocycles. The van der Waals surface area contributed by atoms with E-state index in [-0.39, 0.29) is 5.92 Å². The van der Waals surface area contributed by atoms with E-state index in [1.165, 1.54) is 22.2 Å². The summed E-state index contributed by atoms with van der Waals surface area (Å²) >= 11 is 7.98. The second-order valence-corrected chi connectivity index (χ2v) is 7.88. The van der Waals surface area contributed by atoms with Crippen LogP contribution in [-0.4, -0.2) is 24.2 Å². The molecular formula is C21H22ClN3S. The fraction of sp³-hybridized carbons (Fsp3) is 0.190. The third kappa shape index (κ3) is 3.48. The van der Waals surface area contributed by atoms with Gasteiger partial charge in [0, 0.05) is 35.6 Å². The Hall–Kier alpha value is -2.30. The number of rotatable bonds is 5. The van der Waals surface area contributed by atoms with E-state index in [0.717, 1.165) is 34.4 Å². The van der Waals surface area contributed by atoms with Crippen LogP contribution in [0.5, 0.6) is 0 Å². The van der Waals surface area contributed by atoms with Crippen LogP contribution in [0, 0.1) is 0 Å². The molecular weight excluding hydrogens is 362 g/mol. The van der Waals surface area contributed by atoms with E-state index in [2.05, 4.69) is 47.3 Å². The molecule has 2 heterocycles. The minimum Gasteiger partial charge on any atom is -0.405 e. The van der Waals surface area contributed by atoms with Crippen LogP contribution < -0.4 is 5.73 Å². The summed E-state index contributed by atoms with van der Waals surface area (Å²) < 4.78 is 0.815. The standard InChI is InChI=1S/C21H22ClN3S/c1-4-14(2)25-12-18(17-11-21(22)26-20(17)13-25)15-7-5-6-8-16(15)19(24-3)9-10-23/h4-11,18H,1-2,12-13,23H2,3H3/b10-9-,24-19?. The van der Waals surface area contributed by atoms with Crippen LogP contribution in [0.2, 0.25) is 4.34 Å². The molecule has 0 saturated heterocycles. The lowest BCUT2D eigenvalue weighted by Crippen LogP contribution is -2.32. The third-order valence-corrected chi connectivity index (χ3v) is 5.94. The maximum Gasteiger partial charge on any atom is 0.0934 e. The van der Waals surface area contributed by atoms with Crippen LogP contribution in [0.15, 0.2) is 72.5 Å². The average Bonchev–Trinajstić information content (AvgIpc) is 3.04. The van der Waals surface area contributed by atoms with Crippen molar-refractivity contribution in [2.75, 3.05) is 13.6 Å². The van der Waals surface area contributed by atoms with Gasteiger partial charge in [-0.05, 0) is 35.5 Å². The molecule has 1 aliphatic heterocycles. The molecule has 0 aliphatic carbocycles. The zero-order chi connectivity index (χ0) is 18.7. The molecule has 2 N–H and O–H groups in total. The summed E-state index contributed by atoms with van der Waals surface area (Å²) in [4.78, 5) is 7.94. The molecule has 1 atom stereocenters. The summed E-state index contributed by atoms with van der Waals surface area (Å²) in [6.07, 6.45) is 5.17. The van der Waals surface area contributed by atoms with Gasteiger partial charge in [-0.25, -0.2) is 0 Å². The molecule has 0 fully saturated rings. The van der Waals surface area contributed by atoms with Crippen LogP contribution >= 0.6 is 22.9 Å². The van der Waals surface area contributed by atoms with Gasteiger partial charge in [0.2, 0.25) is 0 Å². The maximum absolute atomic E-state index is 6.35. The van der Waals surface area contributed by atoms with Gasteiger partial charge >= 0.3 is 0 Å². The Morgan fingerprint density at radius 1 is 1.38 bits per heavy atom. The SMILES string of the molecule is C=CC(=C)N1Cc2sc(Cl)cc2C(c2ccccc2C(/C=C\N)=NC)C1. The summed E-state index contributed by atoms with van der Waals surface area (Å²) in [6, 6.07) is 10.4. The highest BCUT2D eigenvalue weighted by Crippen LogP contribution is 2.42. The molecule has 3 rings (SSSR count). The average molecular weight is 384 g/mol. The summed E-state index contributed by atoms with van der Waals surface area (Å²) in [5, 5.41) is 0. The van der Waals surface area contributed by atoms with E-state index in [1.807, 2.05) is 12.1 Å². The Kier molecular flexibility index (Phi) is 5.64. The number of nitrogens with two attached hydrogens (primary N) is 1. The number of aliphatic imine (C=N–C) groups is 1. The van der Waals surface area contributed by atoms with Crippen molar-refractivity contribution in [2.24, 2.45) is 10.7 Å². The van der Waals surface area contributed by atoms with E-state index in [0.29, 0.717) is 0 Å². The number of thiophene rings is 1. The Balaban J connectivity index is 2.13. The number of fused-ring (bicyclic) bond motifs is 1. The summed E-state index contributed by atoms with van der Waals surface area (Å²) in [5.41, 5.74) is 11.0. The minimum absolute atomic E-state index is 0.179. The van der Waals surface area contributed by atoms with Gasteiger partial charge < -0.3 is 10.6 Å². The third-order valence-electron chi connectivity index (χ3n) is 4.67. The molecule has 1 aliphatic rings. The van der Waals surface area contributed by atoms with Crippen LogP contribution in [0.1, 0.15) is 27.5 Å². The molecule has 1 unspecified atom stereocenters. The first-order chi connectivity index (χ1) is 12.6. The highest BCUT2D eigenvalue weighted by Gasteiger charge is 2.30. The van der Waals surface area contributed by atoms with Gasteiger partial charge in [0.1, 0.15) is 0 Å². The number of nitrogens with zero attached hydrogens (tertiary/aromatic N) is 2. The van der Waals surface area contributed by atoms with Gasteiger partial charge in [0.25, 0.3) is 0 Å². The van der Waals surface area contributed by atoms with Crippen LogP contribution in [0.4, 0.5) is 0 Å². The highest BCUT2D eigenvalue weighted by molar-refractivity contribution is 7.16. The van der Waals surface area contributed by atoms with Gasteiger partial charge in [-0.3, -0.25) is 4.99 Å². The van der Waals surface area contributed by atoms with Gasteiger partial charge in [-0.1, -0.05) is 49.0 Å². The van der Waals surface area contributed by atoms with Crippen molar-refractivity contribution >= 4 is 28.6 Å². The van der Waals surface area contributed by atoms with Crippen molar-refractivity contribution in [3.05, 3.63) is 93.4 Å². The van der Waals surface area contributed by atoms with Crippen molar-refractivity contribution in [3.63, 3.8) is 0 Å². The first-order valence-electron chi connectivity index (χ1n) is 8.37. The first kappa shape index (κ1) is 18.5. The topological polar surface area (TPSA) is 41.6 Å². The molecule has 0 bridgehead atoms. The van der Waals surface area contributed by atoms with Gasteiger partial charge in [-0.2, -0.15) is 0 Å². The van der Waals surface area contributed by atoms with Crippen LogP contribution in [0.25, 0.3) is 0 Å². The Morgan fingerprint density at radius 2 is 2.15 bits per heavy atom. The summed E-state index contributed by atoms with van der Waals surface area (Å²) in [6.45, 7) is 9.65. The highest BCUT2D eigenvalue weighted by atomic mass is 35.5. The lowest BCUT2D eigenvalue weighted by molar-refractivity contribution is 0.319. The van der Waals surface area contributed by atoms with E-state index < -0.39 is 0 Å². The number of hydrogen-bond acceptors (Lipinski definition) is 4. The van der Waals surface area contributed by atoms with E-state index >= 15 is 0 Å². The predicted molar refractivity (Wildman–Crippen MR) is 113 cm³/mol. The van der Waals surface area contributed by atoms with Crippen molar-refractivity contribution in [1.29, 1.82) is 0 Å². The zero-order valence-corrected chi connectivity index (χ0v) is 16.4. The number of benzene rings is 1. The summed E-state index contributed by atoms with van der Waals surface area (Å²) in [5.74, 6) is 0.179. The summed E-state index contributed by atoms with van der Waals surface area (Å²) in [7, 11) is 1.78. The number of halogens is 1. The largest absolute Gasteiger partial charge is 0.405 e. The monoisotopic (exact) mass is 383 g/mol. The lowest BCUT2D eigenvalue weighted by Gasteiger charge is -2.35. The van der Waals surface area contributed by atoms with Crippen molar-refractivity contribution in [3.8, 4) is 0 Å². The molecule has 0 radical (unpaired) electrons. The molecule has 3 nitrogen and oxygen atoms in total. The Bertz CT molecular complexity index is 894. The Morgan fingerprint density at radius 3 is 2.85 bits per heavy atom. The molecule has 2 aromatic rings. The quantitative estimate of drug-likeness (QED) is 0.586. The van der Waals surface area contributed by atoms with Gasteiger partial charge in [0.05, 0.1) is 16.6 Å². The van der Waals surface area contributed by atoms with E-state index in [9.17, 15) is 0 Å². The normalized spacial score (nSPS) is 17.4. The lowest BCUT2D eigenvalue weighted by atomic mass is 9.84. The predicted octanol–water partition coefficient (Wildman–Crippen LogP) is 4.94. The minimum atomic E-state index is 0.179. The smallest absolute Gasteiger partial charge is 0.0934 e. The molecule has 0 spiro atoms. The number of allylic oxidation sites excluding steroid dienone is 2. The van der Waals surface area contributed by atoms with E-state index in [4.69, 9.17) is 17.3 Å². The second kappa shape index (κ2) is 7.94. The van der Waals surface area contributed by atoms with Crippen molar-refractivity contribution in [1.82, 2.24) is 4.90 Å². The fourth-order valence-corrected chi connectivity index (χ4v) is 4.77. The van der Waals surface area contributed by atoms with E-state index in [1.54, 1.807) is 24.5 Å². The maximum atomic E-state index is 6.35.